The normalized spacial score (nSPS) is 33.0. The molecule has 46 heavy (non-hydrogen) atoms. The van der Waals surface area contributed by atoms with Gasteiger partial charge in [0.15, 0.2) is 0 Å². The number of fused-ring (bicyclic) bond motifs is 4. The van der Waals surface area contributed by atoms with Crippen LogP contribution in [0.25, 0.3) is 11.1 Å². The van der Waals surface area contributed by atoms with Crippen molar-refractivity contribution in [2.24, 2.45) is 0 Å². The van der Waals surface area contributed by atoms with Crippen LogP contribution in [0.1, 0.15) is 89.2 Å². The van der Waals surface area contributed by atoms with Crippen molar-refractivity contribution in [3.8, 4) is 11.1 Å². The van der Waals surface area contributed by atoms with Gasteiger partial charge in [-0.1, -0.05) is 60.7 Å². The molecule has 4 heterocycles. The third kappa shape index (κ3) is 5.66. The lowest BCUT2D eigenvalue weighted by Gasteiger charge is -2.48. The summed E-state index contributed by atoms with van der Waals surface area (Å²) >= 11 is 0. The van der Waals surface area contributed by atoms with E-state index in [1.807, 2.05) is 39.8 Å². The topological polar surface area (TPSA) is 52.6 Å². The Morgan fingerprint density at radius 1 is 0.609 bits per heavy atom. The standard InChI is InChI=1S/C40H54N2O4/c1-9-25(3)39(43)45-35-23-31-19-21-33(41(31,5)6)37(35)29-15-11-27(12-16-29)28-13-17-30(18-14-28)38-34-22-20-32(42(34,7)8)24-36(38)46-40(44)26(4)10-2/h9-18,31-38H,19-24H2,1-8H3/q+2/b25-9+,26-10+/t31-,32-,33-,34+,35+,36-,37?,38?/m1/s1. The first-order valence-corrected chi connectivity index (χ1v) is 17.4. The van der Waals surface area contributed by atoms with Gasteiger partial charge < -0.3 is 18.4 Å². The molecule has 4 aliphatic rings. The maximum atomic E-state index is 12.9. The highest BCUT2D eigenvalue weighted by Crippen LogP contribution is 2.50. The first-order chi connectivity index (χ1) is 21.9. The van der Waals surface area contributed by atoms with Crippen molar-refractivity contribution in [2.75, 3.05) is 28.2 Å². The van der Waals surface area contributed by atoms with Gasteiger partial charge in [-0.05, 0) is 49.9 Å². The summed E-state index contributed by atoms with van der Waals surface area (Å²) in [4.78, 5) is 25.7. The molecule has 0 radical (unpaired) electrons. The molecule has 2 unspecified atom stereocenters. The van der Waals surface area contributed by atoms with Gasteiger partial charge in [-0.2, -0.15) is 0 Å². The predicted octanol–water partition coefficient (Wildman–Crippen LogP) is 7.30. The number of benzene rings is 2. The smallest absolute Gasteiger partial charge is 0.333 e. The molecule has 2 aromatic rings. The van der Waals surface area contributed by atoms with Crippen molar-refractivity contribution in [1.29, 1.82) is 0 Å². The highest BCUT2D eigenvalue weighted by Gasteiger charge is 2.57. The first-order valence-electron chi connectivity index (χ1n) is 17.4. The number of hydrogen-bond donors (Lipinski definition) is 0. The lowest BCUT2D eigenvalue weighted by Crippen LogP contribution is -2.59. The molecule has 4 bridgehead atoms. The van der Waals surface area contributed by atoms with Crippen molar-refractivity contribution in [2.45, 2.75) is 114 Å². The zero-order valence-corrected chi connectivity index (χ0v) is 29.2. The fourth-order valence-corrected chi connectivity index (χ4v) is 9.50. The highest BCUT2D eigenvalue weighted by atomic mass is 16.5. The van der Waals surface area contributed by atoms with Crippen LogP contribution >= 0.6 is 0 Å². The molecule has 4 saturated heterocycles. The Morgan fingerprint density at radius 3 is 1.28 bits per heavy atom. The highest BCUT2D eigenvalue weighted by molar-refractivity contribution is 5.88. The van der Waals surface area contributed by atoms with Gasteiger partial charge in [-0.3, -0.25) is 0 Å². The van der Waals surface area contributed by atoms with E-state index in [4.69, 9.17) is 9.47 Å². The number of likely N-dealkylation sites (N-methyl/N-ethyl adjacent to an activating group) is 2. The minimum Gasteiger partial charge on any atom is -0.458 e. The molecule has 6 nitrogen and oxygen atoms in total. The zero-order valence-electron chi connectivity index (χ0n) is 29.2. The Morgan fingerprint density at radius 2 is 0.957 bits per heavy atom. The van der Waals surface area contributed by atoms with Gasteiger partial charge in [0, 0.05) is 49.7 Å². The minimum absolute atomic E-state index is 0.108. The summed E-state index contributed by atoms with van der Waals surface area (Å²) in [5.74, 6) is -0.0357. The Hall–Kier alpha value is -3.22. The number of carbonyl (C=O) groups is 2. The lowest BCUT2D eigenvalue weighted by molar-refractivity contribution is -0.933. The average Bonchev–Trinajstić information content (AvgIpc) is 3.30. The van der Waals surface area contributed by atoms with Gasteiger partial charge in [-0.15, -0.1) is 0 Å². The Kier molecular flexibility index (Phi) is 8.84. The predicted molar refractivity (Wildman–Crippen MR) is 183 cm³/mol. The maximum Gasteiger partial charge on any atom is 0.333 e. The van der Waals surface area contributed by atoms with E-state index < -0.39 is 0 Å². The number of rotatable bonds is 7. The van der Waals surface area contributed by atoms with Crippen LogP contribution in [-0.2, 0) is 19.1 Å². The number of quaternary nitrogens is 2. The SMILES string of the molecule is C/C=C(\C)C(=O)O[C@H]1C[C@H]2CC[C@H](C1c1ccc(-c3ccc(C4[C@H](OC(=O)/C(C)=C/C)C[C@H]5CC[C@@H]4[N+]5(C)C)cc3)cc1)[N+]2(C)C. The number of allylic oxidation sites excluding steroid dienone is 2. The Balaban J connectivity index is 1.25. The monoisotopic (exact) mass is 626 g/mol. The van der Waals surface area contributed by atoms with Gasteiger partial charge in [-0.25, -0.2) is 9.59 Å². The van der Waals surface area contributed by atoms with Crippen LogP contribution in [0.5, 0.6) is 0 Å². The molecule has 0 amide bonds. The molecule has 0 aromatic heterocycles. The van der Waals surface area contributed by atoms with Crippen molar-refractivity contribution in [1.82, 2.24) is 0 Å². The van der Waals surface area contributed by atoms with E-state index in [0.717, 1.165) is 34.6 Å². The van der Waals surface area contributed by atoms with Crippen LogP contribution in [0.2, 0.25) is 0 Å². The third-order valence-corrected chi connectivity index (χ3v) is 12.8. The van der Waals surface area contributed by atoms with Crippen molar-refractivity contribution < 1.29 is 28.0 Å². The van der Waals surface area contributed by atoms with E-state index in [1.54, 1.807) is 0 Å². The quantitative estimate of drug-likeness (QED) is 0.184. The Bertz CT molecular complexity index is 1400. The number of nitrogens with zero attached hydrogens (tertiary/aromatic N) is 2. The number of carbonyl (C=O) groups excluding carboxylic acids is 2. The second-order valence-corrected chi connectivity index (χ2v) is 15.5. The largest absolute Gasteiger partial charge is 0.458 e. The van der Waals surface area contributed by atoms with E-state index in [0.29, 0.717) is 35.3 Å². The molecule has 0 spiro atoms. The van der Waals surface area contributed by atoms with Gasteiger partial charge in [0.25, 0.3) is 0 Å². The van der Waals surface area contributed by atoms with Gasteiger partial charge in [0.05, 0.1) is 64.2 Å². The van der Waals surface area contributed by atoms with Crippen molar-refractivity contribution in [3.63, 3.8) is 0 Å². The molecule has 0 saturated carbocycles. The second kappa shape index (κ2) is 12.4. The van der Waals surface area contributed by atoms with Crippen molar-refractivity contribution >= 4 is 11.9 Å². The van der Waals surface area contributed by atoms with Crippen LogP contribution in [0.4, 0.5) is 0 Å². The minimum atomic E-state index is -0.192. The van der Waals surface area contributed by atoms with E-state index in [1.165, 1.54) is 35.1 Å². The summed E-state index contributed by atoms with van der Waals surface area (Å²) in [5, 5.41) is 0. The molecule has 0 N–H and O–H groups in total. The molecular formula is C40H54N2O4+2. The summed E-state index contributed by atoms with van der Waals surface area (Å²) in [6.07, 6.45) is 9.95. The van der Waals surface area contributed by atoms with Gasteiger partial charge in [0.1, 0.15) is 12.2 Å². The van der Waals surface area contributed by atoms with Crippen LogP contribution in [-0.4, -0.2) is 85.5 Å². The average molecular weight is 627 g/mol. The van der Waals surface area contributed by atoms with Crippen LogP contribution in [0, 0.1) is 0 Å². The van der Waals surface area contributed by atoms with Gasteiger partial charge in [0.2, 0.25) is 0 Å². The molecule has 4 fully saturated rings. The molecule has 2 aromatic carbocycles. The molecule has 6 heteroatoms. The molecule has 8 atom stereocenters. The van der Waals surface area contributed by atoms with E-state index in [-0.39, 0.29) is 36.0 Å². The van der Waals surface area contributed by atoms with Crippen LogP contribution < -0.4 is 0 Å². The zero-order chi connectivity index (χ0) is 33.0. The second-order valence-electron chi connectivity index (χ2n) is 15.5. The van der Waals surface area contributed by atoms with Crippen LogP contribution in [0.3, 0.4) is 0 Å². The molecule has 0 aliphatic carbocycles. The summed E-state index contributed by atoms with van der Waals surface area (Å²) < 4.78 is 14.4. The molecule has 246 valence electrons. The summed E-state index contributed by atoms with van der Waals surface area (Å²) in [5.41, 5.74) is 6.21. The fraction of sp³-hybridized carbons (Fsp3) is 0.550. The van der Waals surface area contributed by atoms with E-state index in [2.05, 4.69) is 76.7 Å². The number of ether oxygens (including phenoxy) is 2. The molecule has 6 rings (SSSR count). The Labute approximate surface area is 276 Å². The maximum absolute atomic E-state index is 12.9. The number of piperidine rings is 2. The summed E-state index contributed by atoms with van der Waals surface area (Å²) in [6.45, 7) is 7.46. The number of hydrogen-bond acceptors (Lipinski definition) is 4. The van der Waals surface area contributed by atoms with E-state index >= 15 is 0 Å². The summed E-state index contributed by atoms with van der Waals surface area (Å²) in [6, 6.07) is 19.9. The third-order valence-electron chi connectivity index (χ3n) is 12.8. The van der Waals surface area contributed by atoms with Crippen molar-refractivity contribution in [3.05, 3.63) is 83.0 Å². The molecular weight excluding hydrogens is 572 g/mol. The van der Waals surface area contributed by atoms with Gasteiger partial charge >= 0.3 is 11.9 Å². The first kappa shape index (κ1) is 32.7. The van der Waals surface area contributed by atoms with Crippen LogP contribution in [0.15, 0.2) is 71.8 Å². The number of esters is 2. The lowest BCUT2D eigenvalue weighted by atomic mass is 9.79. The fourth-order valence-electron chi connectivity index (χ4n) is 9.50. The molecule has 4 aliphatic heterocycles. The van der Waals surface area contributed by atoms with E-state index in [9.17, 15) is 9.59 Å². The summed E-state index contributed by atoms with van der Waals surface area (Å²) in [7, 11) is 9.41.